The number of hydrogen-bond acceptors (Lipinski definition) is 11. The predicted octanol–water partition coefficient (Wildman–Crippen LogP) is 10.0. The number of anilines is 1. The summed E-state index contributed by atoms with van der Waals surface area (Å²) in [6.45, 7) is 6.15. The third-order valence-electron chi connectivity index (χ3n) is 13.4. The predicted molar refractivity (Wildman–Crippen MR) is 247 cm³/mol. The van der Waals surface area contributed by atoms with E-state index in [1.165, 1.54) is 11.3 Å². The Morgan fingerprint density at radius 3 is 2.59 bits per heavy atom. The average Bonchev–Trinajstić information content (AvgIpc) is 3.66. The molecule has 1 saturated heterocycles. The zero-order valence-corrected chi connectivity index (χ0v) is 38.6. The van der Waals surface area contributed by atoms with E-state index in [1.54, 1.807) is 12.0 Å². The number of fused-ring (bicyclic) bond motifs is 3. The Kier molecular flexibility index (Phi) is 13.8. The smallest absolute Gasteiger partial charge is 0.306 e. The number of benzene rings is 2. The number of allylic oxidation sites excluding steroid dienone is 2. The van der Waals surface area contributed by atoms with Crippen molar-refractivity contribution in [3.63, 3.8) is 0 Å². The molecule has 63 heavy (non-hydrogen) atoms. The summed E-state index contributed by atoms with van der Waals surface area (Å²) in [7, 11) is -2.36. The Hall–Kier alpha value is -4.58. The first-order valence-corrected chi connectivity index (χ1v) is 25.5. The van der Waals surface area contributed by atoms with Crippen LogP contribution in [0.5, 0.6) is 11.5 Å². The molecule has 4 aliphatic rings. The number of ketones is 1. The van der Waals surface area contributed by atoms with Crippen molar-refractivity contribution in [1.29, 1.82) is 0 Å². The second-order valence-corrected chi connectivity index (χ2v) is 21.9. The molecule has 2 saturated carbocycles. The lowest BCUT2D eigenvalue weighted by Crippen LogP contribution is -2.45. The van der Waals surface area contributed by atoms with Gasteiger partial charge in [-0.2, -0.15) is 0 Å². The lowest BCUT2D eigenvalue weighted by atomic mass is 9.94. The topological polar surface area (TPSA) is 157 Å². The number of nitrogens with one attached hydrogen (secondary N) is 1. The van der Waals surface area contributed by atoms with Gasteiger partial charge in [0.05, 0.1) is 48.6 Å². The van der Waals surface area contributed by atoms with E-state index in [1.807, 2.05) is 66.9 Å². The first kappa shape index (κ1) is 45.0. The molecular formula is C49H61N4O8PS. The molecule has 14 heteroatoms. The van der Waals surface area contributed by atoms with Gasteiger partial charge in [-0.1, -0.05) is 49.3 Å². The van der Waals surface area contributed by atoms with Crippen LogP contribution in [-0.4, -0.2) is 80.5 Å². The molecule has 8 rings (SSSR count). The summed E-state index contributed by atoms with van der Waals surface area (Å²) in [4.78, 5) is 66.9. The third-order valence-corrected chi connectivity index (χ3v) is 17.1. The molecule has 2 aromatic heterocycles. The summed E-state index contributed by atoms with van der Waals surface area (Å²) in [6, 6.07) is 14.3. The molecule has 4 heterocycles. The Labute approximate surface area is 374 Å². The molecule has 6 atom stereocenters. The fraction of sp³-hybridized carbons (Fsp3) is 0.531. The largest absolute Gasteiger partial charge is 0.497 e. The van der Waals surface area contributed by atoms with Gasteiger partial charge in [0.15, 0.2) is 10.9 Å². The number of carbonyl (C=O) groups excluding carboxylic acids is 3. The number of Topliss-reactive ketones (excluding diaryl/α,β-unsaturated/α-hetero) is 1. The van der Waals surface area contributed by atoms with Crippen LogP contribution >= 0.6 is 18.7 Å². The van der Waals surface area contributed by atoms with Crippen LogP contribution in [0.2, 0.25) is 0 Å². The van der Waals surface area contributed by atoms with E-state index in [0.29, 0.717) is 41.2 Å². The summed E-state index contributed by atoms with van der Waals surface area (Å²) in [5, 5.41) is 5.65. The van der Waals surface area contributed by atoms with Gasteiger partial charge in [-0.3, -0.25) is 18.9 Å². The minimum absolute atomic E-state index is 0.0300. The van der Waals surface area contributed by atoms with Crippen LogP contribution in [0.25, 0.3) is 22.3 Å². The molecule has 2 aliphatic carbocycles. The fourth-order valence-corrected chi connectivity index (χ4v) is 13.3. The molecule has 4 aromatic rings. The molecule has 0 radical (unpaired) electrons. The van der Waals surface area contributed by atoms with Crippen molar-refractivity contribution in [2.75, 3.05) is 19.0 Å². The van der Waals surface area contributed by atoms with E-state index < -0.39 is 30.6 Å². The van der Waals surface area contributed by atoms with Crippen LogP contribution in [0.4, 0.5) is 5.13 Å². The number of rotatable bonds is 12. The monoisotopic (exact) mass is 896 g/mol. The van der Waals surface area contributed by atoms with Crippen molar-refractivity contribution in [3.05, 3.63) is 77.2 Å². The standard InChI is InChI=1S/C49H61N4O8PS/c1-31(2)50-48-52-42(30-63-48)41-25-45(39-21-20-37(59-4)23-40(39)51-41)60-38-24-43-44(54)27-49(62(57,58)29-34-16-11-10-14-32(34)3)26-35(49)17-9-7-5-6-8-15-33(47(56)53(43)28-38)22-46(55)61-36-18-12-13-19-36/h9-11,14,16-17,20-21,23,25,30-31,33,35-36,38,43H,5-8,12-13,15,18-19,22,24,26-29H2,1-4H3,(H,50,52)(H,57,58)/b17-9-/t33-,35-,38-,43+,49-/m1/s1. The highest BCUT2D eigenvalue weighted by Gasteiger charge is 2.65. The molecule has 2 aliphatic heterocycles. The van der Waals surface area contributed by atoms with Crippen LogP contribution in [0.15, 0.2) is 66.1 Å². The highest BCUT2D eigenvalue weighted by Crippen LogP contribution is 2.74. The normalized spacial score (nSPS) is 26.0. The average molecular weight is 897 g/mol. The lowest BCUT2D eigenvalue weighted by molar-refractivity contribution is -0.154. The van der Waals surface area contributed by atoms with Gasteiger partial charge in [-0.25, -0.2) is 9.97 Å². The number of nitrogens with zero attached hydrogens (tertiary/aromatic N) is 3. The highest BCUT2D eigenvalue weighted by molar-refractivity contribution is 7.59. The SMILES string of the molecule is COc1ccc2c(O[C@@H]3C[C@H]4C(=O)C[C@]5(P(=O)(O)Cc6ccccc6C)C[C@H]5/C=C\CCCCC[C@H](CC(=O)OC5CCCC5)C(=O)N4C3)cc(-c3csc(NC(C)C)n3)nc2c1. The van der Waals surface area contributed by atoms with E-state index in [9.17, 15) is 19.0 Å². The van der Waals surface area contributed by atoms with E-state index >= 15 is 4.79 Å². The van der Waals surface area contributed by atoms with Gasteiger partial charge < -0.3 is 29.3 Å². The molecule has 2 aromatic carbocycles. The van der Waals surface area contributed by atoms with Crippen molar-refractivity contribution in [2.24, 2.45) is 11.8 Å². The number of pyridine rings is 1. The molecule has 12 nitrogen and oxygen atoms in total. The second kappa shape index (κ2) is 19.3. The Bertz CT molecular complexity index is 2400. The summed E-state index contributed by atoms with van der Waals surface area (Å²) in [5.41, 5.74) is 3.63. The van der Waals surface area contributed by atoms with E-state index in [0.717, 1.165) is 73.0 Å². The molecule has 1 amide bonds. The maximum Gasteiger partial charge on any atom is 0.306 e. The van der Waals surface area contributed by atoms with Crippen molar-refractivity contribution in [2.45, 2.75) is 140 Å². The quantitative estimate of drug-likeness (QED) is 0.0793. The van der Waals surface area contributed by atoms with Gasteiger partial charge in [-0.05, 0) is 101 Å². The van der Waals surface area contributed by atoms with Crippen LogP contribution in [0.3, 0.4) is 0 Å². The van der Waals surface area contributed by atoms with Gasteiger partial charge in [-0.15, -0.1) is 11.3 Å². The van der Waals surface area contributed by atoms with Crippen LogP contribution in [-0.2, 0) is 29.8 Å². The number of hydrogen-bond donors (Lipinski definition) is 2. The molecule has 0 spiro atoms. The van der Waals surface area contributed by atoms with Gasteiger partial charge in [0, 0.05) is 47.7 Å². The number of aromatic nitrogens is 2. The zero-order chi connectivity index (χ0) is 44.3. The molecule has 3 fully saturated rings. The maximum absolute atomic E-state index is 15.0. The summed E-state index contributed by atoms with van der Waals surface area (Å²) in [6.07, 6.45) is 11.2. The van der Waals surface area contributed by atoms with Crippen molar-refractivity contribution in [3.8, 4) is 22.9 Å². The van der Waals surface area contributed by atoms with Gasteiger partial charge in [0.2, 0.25) is 13.3 Å². The van der Waals surface area contributed by atoms with Crippen LogP contribution in [0.1, 0.15) is 108 Å². The number of ether oxygens (including phenoxy) is 3. The van der Waals surface area contributed by atoms with Crippen LogP contribution in [0, 0.1) is 18.8 Å². The van der Waals surface area contributed by atoms with Gasteiger partial charge in [0.25, 0.3) is 0 Å². The van der Waals surface area contributed by atoms with E-state index in [2.05, 4.69) is 25.2 Å². The minimum Gasteiger partial charge on any atom is -0.497 e. The van der Waals surface area contributed by atoms with Crippen molar-refractivity contribution < 1.29 is 38.1 Å². The number of esters is 1. The van der Waals surface area contributed by atoms with Gasteiger partial charge >= 0.3 is 5.97 Å². The Balaban J connectivity index is 1.13. The number of carbonyl (C=O) groups is 3. The summed E-state index contributed by atoms with van der Waals surface area (Å²) >= 11 is 1.49. The molecule has 1 unspecified atom stereocenters. The number of aryl methyl sites for hydroxylation is 1. The molecular weight excluding hydrogens is 836 g/mol. The van der Waals surface area contributed by atoms with E-state index in [-0.39, 0.29) is 67.7 Å². The highest BCUT2D eigenvalue weighted by atomic mass is 32.1. The third kappa shape index (κ3) is 10.2. The number of thiazole rings is 1. The number of methoxy groups -OCH3 is 1. The summed E-state index contributed by atoms with van der Waals surface area (Å²) in [5.74, 6) is -0.678. The Morgan fingerprint density at radius 1 is 1.02 bits per heavy atom. The first-order chi connectivity index (χ1) is 30.3. The minimum atomic E-state index is -3.96. The first-order valence-electron chi connectivity index (χ1n) is 22.8. The molecule has 336 valence electrons. The summed E-state index contributed by atoms with van der Waals surface area (Å²) < 4.78 is 33.1. The van der Waals surface area contributed by atoms with E-state index in [4.69, 9.17) is 24.2 Å². The van der Waals surface area contributed by atoms with Crippen LogP contribution < -0.4 is 14.8 Å². The Morgan fingerprint density at radius 2 is 1.81 bits per heavy atom. The van der Waals surface area contributed by atoms with Gasteiger partial charge in [0.1, 0.15) is 29.4 Å². The number of amides is 1. The lowest BCUT2D eigenvalue weighted by Gasteiger charge is -2.30. The second-order valence-electron chi connectivity index (χ2n) is 18.4. The molecule has 2 N–H and O–H groups in total. The van der Waals surface area contributed by atoms with Crippen molar-refractivity contribution >= 4 is 52.4 Å². The van der Waals surface area contributed by atoms with Crippen molar-refractivity contribution in [1.82, 2.24) is 14.9 Å². The maximum atomic E-state index is 15.0. The molecule has 0 bridgehead atoms. The zero-order valence-electron chi connectivity index (χ0n) is 36.9. The fourth-order valence-electron chi connectivity index (χ4n) is 9.82.